The molecule has 1 aliphatic rings. The minimum atomic E-state index is -0.0806. The van der Waals surface area contributed by atoms with E-state index in [1.807, 2.05) is 25.6 Å². The van der Waals surface area contributed by atoms with E-state index in [1.54, 1.807) is 0 Å². The maximum Gasteiger partial charge on any atom is 0.224 e. The largest absolute Gasteiger partial charge is 0.356 e. The van der Waals surface area contributed by atoms with Crippen molar-refractivity contribution in [2.24, 2.45) is 17.6 Å². The second kappa shape index (κ2) is 8.20. The van der Waals surface area contributed by atoms with Gasteiger partial charge in [-0.15, -0.1) is 12.4 Å². The van der Waals surface area contributed by atoms with Crippen molar-refractivity contribution in [2.75, 3.05) is 18.1 Å². The quantitative estimate of drug-likeness (QED) is 0.814. The summed E-state index contributed by atoms with van der Waals surface area (Å²) in [7, 11) is 0. The first-order valence-corrected chi connectivity index (χ1v) is 6.87. The zero-order valence-corrected chi connectivity index (χ0v) is 11.7. The Morgan fingerprint density at radius 3 is 2.50 bits per heavy atom. The third kappa shape index (κ3) is 5.41. The third-order valence-corrected chi connectivity index (χ3v) is 4.16. The van der Waals surface area contributed by atoms with Crippen LogP contribution in [0.15, 0.2) is 0 Å². The van der Waals surface area contributed by atoms with Crippen molar-refractivity contribution in [1.82, 2.24) is 5.32 Å². The van der Waals surface area contributed by atoms with Gasteiger partial charge in [0.05, 0.1) is 0 Å². The van der Waals surface area contributed by atoms with Crippen molar-refractivity contribution in [2.45, 2.75) is 32.7 Å². The molecule has 1 rings (SSSR count). The van der Waals surface area contributed by atoms with E-state index in [1.165, 1.54) is 24.3 Å². The van der Waals surface area contributed by atoms with Gasteiger partial charge in [0, 0.05) is 18.5 Å². The molecule has 96 valence electrons. The second-order valence-electron chi connectivity index (χ2n) is 4.45. The molecule has 2 unspecified atom stereocenters. The zero-order chi connectivity index (χ0) is 11.3. The number of nitrogens with one attached hydrogen (secondary N) is 1. The molecule has 0 spiro atoms. The highest BCUT2D eigenvalue weighted by atomic mass is 35.5. The summed E-state index contributed by atoms with van der Waals surface area (Å²) in [4.78, 5) is 11.6. The first-order valence-electron chi connectivity index (χ1n) is 5.72. The molecular weight excluding hydrogens is 244 g/mol. The highest BCUT2D eigenvalue weighted by molar-refractivity contribution is 7.99. The Kier molecular flexibility index (Phi) is 8.24. The van der Waals surface area contributed by atoms with Gasteiger partial charge < -0.3 is 11.1 Å². The van der Waals surface area contributed by atoms with Gasteiger partial charge in [0.1, 0.15) is 0 Å². The molecule has 1 heterocycles. The number of carbonyl (C=O) groups is 1. The molecule has 0 aromatic carbocycles. The fourth-order valence-corrected chi connectivity index (χ4v) is 2.80. The smallest absolute Gasteiger partial charge is 0.224 e. The van der Waals surface area contributed by atoms with Gasteiger partial charge in [-0.2, -0.15) is 11.8 Å². The average molecular weight is 267 g/mol. The lowest BCUT2D eigenvalue weighted by atomic mass is 10.0. The number of thioether (sulfide) groups is 1. The molecule has 0 aliphatic carbocycles. The number of amides is 1. The van der Waals surface area contributed by atoms with Crippen LogP contribution in [-0.4, -0.2) is 30.0 Å². The SMILES string of the molecule is CC(N)C(C)C(=O)NCC1CCSCC1.Cl. The van der Waals surface area contributed by atoms with Crippen molar-refractivity contribution in [3.63, 3.8) is 0 Å². The summed E-state index contributed by atoms with van der Waals surface area (Å²) < 4.78 is 0. The predicted molar refractivity (Wildman–Crippen MR) is 73.1 cm³/mol. The second-order valence-corrected chi connectivity index (χ2v) is 5.67. The van der Waals surface area contributed by atoms with Crippen LogP contribution in [0, 0.1) is 11.8 Å². The number of hydrogen-bond acceptors (Lipinski definition) is 3. The van der Waals surface area contributed by atoms with Crippen LogP contribution in [-0.2, 0) is 4.79 Å². The van der Waals surface area contributed by atoms with Crippen molar-refractivity contribution in [3.05, 3.63) is 0 Å². The van der Waals surface area contributed by atoms with E-state index < -0.39 is 0 Å². The van der Waals surface area contributed by atoms with Gasteiger partial charge in [-0.1, -0.05) is 6.92 Å². The lowest BCUT2D eigenvalue weighted by molar-refractivity contribution is -0.125. The lowest BCUT2D eigenvalue weighted by Gasteiger charge is -2.23. The molecule has 0 radical (unpaired) electrons. The van der Waals surface area contributed by atoms with Crippen LogP contribution in [0.2, 0.25) is 0 Å². The molecule has 3 N–H and O–H groups in total. The van der Waals surface area contributed by atoms with Crippen LogP contribution in [0.3, 0.4) is 0 Å². The molecule has 1 fully saturated rings. The molecule has 3 nitrogen and oxygen atoms in total. The first-order chi connectivity index (χ1) is 7.11. The van der Waals surface area contributed by atoms with E-state index in [0.29, 0.717) is 5.92 Å². The Balaban J connectivity index is 0.00000225. The van der Waals surface area contributed by atoms with E-state index >= 15 is 0 Å². The van der Waals surface area contributed by atoms with Crippen molar-refractivity contribution in [3.8, 4) is 0 Å². The number of nitrogens with two attached hydrogens (primary N) is 1. The summed E-state index contributed by atoms with van der Waals surface area (Å²) >= 11 is 2.01. The molecular formula is C11H23ClN2OS. The summed E-state index contributed by atoms with van der Waals surface area (Å²) in [5.74, 6) is 3.17. The maximum atomic E-state index is 11.6. The lowest BCUT2D eigenvalue weighted by Crippen LogP contribution is -2.40. The van der Waals surface area contributed by atoms with Crippen LogP contribution in [0.1, 0.15) is 26.7 Å². The summed E-state index contributed by atoms with van der Waals surface area (Å²) in [6, 6.07) is -0.0630. The van der Waals surface area contributed by atoms with Gasteiger partial charge in [-0.05, 0) is 37.2 Å². The number of hydrogen-bond donors (Lipinski definition) is 2. The first kappa shape index (κ1) is 16.1. The van der Waals surface area contributed by atoms with Crippen LogP contribution >= 0.6 is 24.2 Å². The number of halogens is 1. The van der Waals surface area contributed by atoms with Gasteiger partial charge in [0.15, 0.2) is 0 Å². The highest BCUT2D eigenvalue weighted by Crippen LogP contribution is 2.21. The molecule has 0 bridgehead atoms. The average Bonchev–Trinajstić information content (AvgIpc) is 2.26. The molecule has 0 aromatic heterocycles. The van der Waals surface area contributed by atoms with Crippen LogP contribution < -0.4 is 11.1 Å². The van der Waals surface area contributed by atoms with Gasteiger partial charge in [0.25, 0.3) is 0 Å². The molecule has 2 atom stereocenters. The zero-order valence-electron chi connectivity index (χ0n) is 10.1. The molecule has 16 heavy (non-hydrogen) atoms. The Labute approximate surface area is 109 Å². The van der Waals surface area contributed by atoms with E-state index in [9.17, 15) is 4.79 Å². The topological polar surface area (TPSA) is 55.1 Å². The Morgan fingerprint density at radius 2 is 2.00 bits per heavy atom. The highest BCUT2D eigenvalue weighted by Gasteiger charge is 2.19. The van der Waals surface area contributed by atoms with E-state index in [-0.39, 0.29) is 30.3 Å². The molecule has 1 amide bonds. The summed E-state index contributed by atoms with van der Waals surface area (Å²) in [5.41, 5.74) is 5.68. The molecule has 1 aliphatic heterocycles. The van der Waals surface area contributed by atoms with Crippen molar-refractivity contribution in [1.29, 1.82) is 0 Å². The normalized spacial score (nSPS) is 20.7. The Hall–Kier alpha value is 0.0700. The van der Waals surface area contributed by atoms with E-state index in [0.717, 1.165) is 6.54 Å². The van der Waals surface area contributed by atoms with Gasteiger partial charge in [-0.25, -0.2) is 0 Å². The predicted octanol–water partition coefficient (Wildman–Crippen LogP) is 1.65. The minimum Gasteiger partial charge on any atom is -0.356 e. The van der Waals surface area contributed by atoms with Crippen molar-refractivity contribution >= 4 is 30.1 Å². The maximum absolute atomic E-state index is 11.6. The standard InChI is InChI=1S/C11H22N2OS.ClH/c1-8(9(2)12)11(14)13-7-10-3-5-15-6-4-10;/h8-10H,3-7,12H2,1-2H3,(H,13,14);1H. The Morgan fingerprint density at radius 1 is 1.44 bits per heavy atom. The van der Waals surface area contributed by atoms with Gasteiger partial charge in [0.2, 0.25) is 5.91 Å². The summed E-state index contributed by atoms with van der Waals surface area (Å²) in [6.07, 6.45) is 2.47. The fraction of sp³-hybridized carbons (Fsp3) is 0.909. The fourth-order valence-electron chi connectivity index (χ4n) is 1.60. The minimum absolute atomic E-state index is 0. The Bertz CT molecular complexity index is 208. The van der Waals surface area contributed by atoms with Crippen LogP contribution in [0.5, 0.6) is 0 Å². The number of rotatable bonds is 4. The van der Waals surface area contributed by atoms with Crippen LogP contribution in [0.4, 0.5) is 0 Å². The molecule has 0 saturated carbocycles. The van der Waals surface area contributed by atoms with Crippen molar-refractivity contribution < 1.29 is 4.79 Å². The van der Waals surface area contributed by atoms with Gasteiger partial charge >= 0.3 is 0 Å². The van der Waals surface area contributed by atoms with E-state index in [4.69, 9.17) is 5.73 Å². The third-order valence-electron chi connectivity index (χ3n) is 3.11. The monoisotopic (exact) mass is 266 g/mol. The molecule has 1 saturated heterocycles. The van der Waals surface area contributed by atoms with Gasteiger partial charge in [-0.3, -0.25) is 4.79 Å². The molecule has 0 aromatic rings. The number of carbonyl (C=O) groups excluding carboxylic acids is 1. The summed E-state index contributed by atoms with van der Waals surface area (Å²) in [6.45, 7) is 4.59. The van der Waals surface area contributed by atoms with Crippen LogP contribution in [0.25, 0.3) is 0 Å². The van der Waals surface area contributed by atoms with E-state index in [2.05, 4.69) is 5.32 Å². The summed E-state index contributed by atoms with van der Waals surface area (Å²) in [5, 5.41) is 3.01. The molecule has 5 heteroatoms.